The maximum Gasteiger partial charge on any atom is 0.251 e. The highest BCUT2D eigenvalue weighted by molar-refractivity contribution is 5.96. The Labute approximate surface area is 120 Å². The third-order valence-corrected chi connectivity index (χ3v) is 3.73. The molecule has 0 heterocycles. The van der Waals surface area contributed by atoms with Crippen molar-refractivity contribution in [3.63, 3.8) is 0 Å². The summed E-state index contributed by atoms with van der Waals surface area (Å²) in [6.45, 7) is 5.12. The molecule has 0 bridgehead atoms. The lowest BCUT2D eigenvalue weighted by Crippen LogP contribution is -2.31. The van der Waals surface area contributed by atoms with Gasteiger partial charge in [-0.25, -0.2) is 0 Å². The molecule has 0 radical (unpaired) electrons. The van der Waals surface area contributed by atoms with E-state index in [4.69, 9.17) is 5.73 Å². The number of anilines is 2. The van der Waals surface area contributed by atoms with Gasteiger partial charge >= 0.3 is 0 Å². The van der Waals surface area contributed by atoms with Gasteiger partial charge in [-0.3, -0.25) is 9.69 Å². The van der Waals surface area contributed by atoms with Crippen molar-refractivity contribution in [1.29, 1.82) is 0 Å². The lowest BCUT2D eigenvalue weighted by Gasteiger charge is -2.20. The number of hydrogen-bond donors (Lipinski definition) is 3. The molecule has 5 nitrogen and oxygen atoms in total. The highest BCUT2D eigenvalue weighted by Crippen LogP contribution is 2.26. The fraction of sp³-hybridized carbons (Fsp3) is 0.533. The van der Waals surface area contributed by atoms with Crippen LogP contribution in [0, 0.1) is 0 Å². The highest BCUT2D eigenvalue weighted by Gasteiger charge is 2.27. The topological polar surface area (TPSA) is 70.4 Å². The summed E-state index contributed by atoms with van der Waals surface area (Å²) in [6.07, 6.45) is 2.64. The quantitative estimate of drug-likeness (QED) is 0.660. The Bertz CT molecular complexity index is 471. The summed E-state index contributed by atoms with van der Waals surface area (Å²) < 4.78 is 0. The van der Waals surface area contributed by atoms with Crippen LogP contribution in [0.5, 0.6) is 0 Å². The maximum absolute atomic E-state index is 11.6. The van der Waals surface area contributed by atoms with Gasteiger partial charge in [-0.1, -0.05) is 6.92 Å². The van der Waals surface area contributed by atoms with Crippen molar-refractivity contribution in [2.75, 3.05) is 37.7 Å². The molecular weight excluding hydrogens is 252 g/mol. The number of rotatable bonds is 7. The minimum atomic E-state index is -0.0961. The van der Waals surface area contributed by atoms with E-state index in [1.165, 1.54) is 12.8 Å². The minimum absolute atomic E-state index is 0.0961. The van der Waals surface area contributed by atoms with E-state index in [9.17, 15) is 4.79 Å². The molecule has 0 unspecified atom stereocenters. The predicted molar refractivity (Wildman–Crippen MR) is 83.0 cm³/mol. The normalized spacial score (nSPS) is 14.3. The highest BCUT2D eigenvalue weighted by atomic mass is 16.1. The molecule has 0 spiro atoms. The summed E-state index contributed by atoms with van der Waals surface area (Å²) in [4.78, 5) is 14.1. The number of likely N-dealkylation sites (N-methyl/N-ethyl adjacent to an activating group) is 1. The molecule has 1 aromatic rings. The maximum atomic E-state index is 11.6. The summed E-state index contributed by atoms with van der Waals surface area (Å²) in [5.41, 5.74) is 8.07. The average molecular weight is 276 g/mol. The van der Waals surface area contributed by atoms with Gasteiger partial charge in [0.1, 0.15) is 0 Å². The summed E-state index contributed by atoms with van der Waals surface area (Å²) in [7, 11) is 1.63. The largest absolute Gasteiger partial charge is 0.397 e. The third kappa shape index (κ3) is 3.63. The molecule has 0 aromatic heterocycles. The first kappa shape index (κ1) is 14.7. The zero-order valence-corrected chi connectivity index (χ0v) is 12.3. The van der Waals surface area contributed by atoms with Crippen molar-refractivity contribution in [2.24, 2.45) is 0 Å². The van der Waals surface area contributed by atoms with Crippen molar-refractivity contribution in [3.05, 3.63) is 23.8 Å². The van der Waals surface area contributed by atoms with Gasteiger partial charge in [0.05, 0.1) is 11.4 Å². The van der Waals surface area contributed by atoms with E-state index < -0.39 is 0 Å². The standard InChI is InChI=1S/C15H24N4O/c1-3-19(12-5-6-12)9-8-18-14-10-11(15(20)17-2)4-7-13(14)16/h4,7,10,12,18H,3,5-6,8-9,16H2,1-2H3,(H,17,20). The summed E-state index contributed by atoms with van der Waals surface area (Å²) in [6, 6.07) is 6.09. The fourth-order valence-corrected chi connectivity index (χ4v) is 2.37. The Hall–Kier alpha value is -1.75. The second-order valence-corrected chi connectivity index (χ2v) is 5.17. The van der Waals surface area contributed by atoms with Crippen LogP contribution in [0.15, 0.2) is 18.2 Å². The summed E-state index contributed by atoms with van der Waals surface area (Å²) >= 11 is 0. The van der Waals surface area contributed by atoms with E-state index >= 15 is 0 Å². The Morgan fingerprint density at radius 2 is 2.20 bits per heavy atom. The van der Waals surface area contributed by atoms with Crippen LogP contribution in [-0.2, 0) is 0 Å². The van der Waals surface area contributed by atoms with Crippen LogP contribution in [-0.4, -0.2) is 43.5 Å². The predicted octanol–water partition coefficient (Wildman–Crippen LogP) is 1.52. The van der Waals surface area contributed by atoms with Gasteiger partial charge in [0.25, 0.3) is 5.91 Å². The second-order valence-electron chi connectivity index (χ2n) is 5.17. The first-order valence-corrected chi connectivity index (χ1v) is 7.25. The van der Waals surface area contributed by atoms with Crippen LogP contribution in [0.1, 0.15) is 30.1 Å². The molecule has 1 aliphatic rings. The van der Waals surface area contributed by atoms with Gasteiger partial charge in [0.2, 0.25) is 0 Å². The van der Waals surface area contributed by atoms with E-state index in [0.717, 1.165) is 31.4 Å². The summed E-state index contributed by atoms with van der Waals surface area (Å²) in [5, 5.41) is 5.95. The SMILES string of the molecule is CCN(CCNc1cc(C(=O)NC)ccc1N)C1CC1. The Kier molecular flexibility index (Phi) is 4.84. The zero-order chi connectivity index (χ0) is 14.5. The number of amides is 1. The number of hydrogen-bond acceptors (Lipinski definition) is 4. The number of carbonyl (C=O) groups is 1. The molecule has 110 valence electrons. The monoisotopic (exact) mass is 276 g/mol. The summed E-state index contributed by atoms with van der Waals surface area (Å²) in [5.74, 6) is -0.0961. The molecule has 1 aliphatic carbocycles. The van der Waals surface area contributed by atoms with Crippen molar-refractivity contribution in [3.8, 4) is 0 Å². The van der Waals surface area contributed by atoms with Crippen LogP contribution in [0.3, 0.4) is 0 Å². The van der Waals surface area contributed by atoms with Gasteiger partial charge in [0, 0.05) is 31.7 Å². The van der Waals surface area contributed by atoms with Gasteiger partial charge in [-0.15, -0.1) is 0 Å². The van der Waals surface area contributed by atoms with Crippen LogP contribution < -0.4 is 16.4 Å². The molecule has 0 atom stereocenters. The van der Waals surface area contributed by atoms with Crippen molar-refractivity contribution in [1.82, 2.24) is 10.2 Å². The van der Waals surface area contributed by atoms with Crippen molar-refractivity contribution in [2.45, 2.75) is 25.8 Å². The number of nitrogen functional groups attached to an aromatic ring is 1. The molecule has 0 aliphatic heterocycles. The molecule has 1 aromatic carbocycles. The van der Waals surface area contributed by atoms with Gasteiger partial charge < -0.3 is 16.4 Å². The number of carbonyl (C=O) groups excluding carboxylic acids is 1. The smallest absolute Gasteiger partial charge is 0.251 e. The van der Waals surface area contributed by atoms with Crippen molar-refractivity contribution < 1.29 is 4.79 Å². The van der Waals surface area contributed by atoms with E-state index in [1.807, 2.05) is 6.07 Å². The van der Waals surface area contributed by atoms with Crippen LogP contribution in [0.4, 0.5) is 11.4 Å². The number of nitrogens with zero attached hydrogens (tertiary/aromatic N) is 1. The van der Waals surface area contributed by atoms with E-state index in [0.29, 0.717) is 11.3 Å². The Morgan fingerprint density at radius 3 is 2.80 bits per heavy atom. The van der Waals surface area contributed by atoms with Crippen molar-refractivity contribution >= 4 is 17.3 Å². The fourth-order valence-electron chi connectivity index (χ4n) is 2.37. The zero-order valence-electron chi connectivity index (χ0n) is 12.3. The molecule has 0 saturated heterocycles. The number of benzene rings is 1. The average Bonchev–Trinajstić information content (AvgIpc) is 3.29. The molecular formula is C15H24N4O. The molecule has 4 N–H and O–H groups in total. The first-order chi connectivity index (χ1) is 9.65. The number of nitrogens with two attached hydrogens (primary N) is 1. The second kappa shape index (κ2) is 6.61. The van der Waals surface area contributed by atoms with Gasteiger partial charge in [-0.05, 0) is 37.6 Å². The van der Waals surface area contributed by atoms with Crippen LogP contribution in [0.2, 0.25) is 0 Å². The van der Waals surface area contributed by atoms with Gasteiger partial charge in [-0.2, -0.15) is 0 Å². The third-order valence-electron chi connectivity index (χ3n) is 3.73. The Morgan fingerprint density at radius 1 is 1.45 bits per heavy atom. The lowest BCUT2D eigenvalue weighted by molar-refractivity contribution is 0.0963. The number of nitrogens with one attached hydrogen (secondary N) is 2. The minimum Gasteiger partial charge on any atom is -0.397 e. The van der Waals surface area contributed by atoms with E-state index in [1.54, 1.807) is 19.2 Å². The van der Waals surface area contributed by atoms with E-state index in [2.05, 4.69) is 22.5 Å². The van der Waals surface area contributed by atoms with E-state index in [-0.39, 0.29) is 5.91 Å². The molecule has 5 heteroatoms. The first-order valence-electron chi connectivity index (χ1n) is 7.25. The molecule has 2 rings (SSSR count). The molecule has 1 saturated carbocycles. The van der Waals surface area contributed by atoms with Gasteiger partial charge in [0.15, 0.2) is 0 Å². The van der Waals surface area contributed by atoms with Crippen LogP contribution >= 0.6 is 0 Å². The molecule has 20 heavy (non-hydrogen) atoms. The lowest BCUT2D eigenvalue weighted by atomic mass is 10.1. The molecule has 1 amide bonds. The molecule has 1 fully saturated rings. The van der Waals surface area contributed by atoms with Crippen LogP contribution in [0.25, 0.3) is 0 Å². The Balaban J connectivity index is 1.92.